The van der Waals surface area contributed by atoms with E-state index < -0.39 is 11.5 Å². The van der Waals surface area contributed by atoms with Crippen LogP contribution in [0.2, 0.25) is 0 Å². The standard InChI is InChI=1S/C16H17N3O3/c20-14(21)10-19-9-8-17-15(16(19)22)18-13-7-3-5-11-4-1-2-6-12(11)13/h1-2,4,6,8-9,13H,3,5,7,10H2,(H,17,18)(H,20,21)/t13-/m1/s1. The minimum absolute atomic E-state index is 0.0332. The Morgan fingerprint density at radius 2 is 2.23 bits per heavy atom. The average Bonchev–Trinajstić information content (AvgIpc) is 2.51. The number of anilines is 1. The molecule has 0 radical (unpaired) electrons. The molecule has 0 saturated carbocycles. The molecule has 0 bridgehead atoms. The molecule has 2 N–H and O–H groups in total. The van der Waals surface area contributed by atoms with Gasteiger partial charge in [-0.2, -0.15) is 0 Å². The van der Waals surface area contributed by atoms with E-state index in [9.17, 15) is 9.59 Å². The van der Waals surface area contributed by atoms with Crippen LogP contribution in [0.25, 0.3) is 0 Å². The third kappa shape index (κ3) is 2.86. The molecule has 22 heavy (non-hydrogen) atoms. The lowest BCUT2D eigenvalue weighted by molar-refractivity contribution is -0.137. The van der Waals surface area contributed by atoms with E-state index in [0.717, 1.165) is 23.8 Å². The molecule has 0 saturated heterocycles. The van der Waals surface area contributed by atoms with Crippen LogP contribution < -0.4 is 10.9 Å². The van der Waals surface area contributed by atoms with Crippen molar-refractivity contribution in [2.45, 2.75) is 31.8 Å². The van der Waals surface area contributed by atoms with Crippen LogP contribution in [0.4, 0.5) is 5.82 Å². The first-order valence-corrected chi connectivity index (χ1v) is 7.27. The number of nitrogens with one attached hydrogen (secondary N) is 1. The molecular formula is C16H17N3O3. The molecule has 0 fully saturated rings. The molecule has 1 aliphatic rings. The molecule has 1 atom stereocenters. The van der Waals surface area contributed by atoms with Crippen molar-refractivity contribution in [1.82, 2.24) is 9.55 Å². The number of rotatable bonds is 4. The highest BCUT2D eigenvalue weighted by atomic mass is 16.4. The van der Waals surface area contributed by atoms with Crippen molar-refractivity contribution in [1.29, 1.82) is 0 Å². The number of aliphatic carboxylic acids is 1. The highest BCUT2D eigenvalue weighted by molar-refractivity contribution is 5.66. The summed E-state index contributed by atoms with van der Waals surface area (Å²) in [7, 11) is 0. The quantitative estimate of drug-likeness (QED) is 0.899. The summed E-state index contributed by atoms with van der Waals surface area (Å²) in [5, 5.41) is 12.0. The molecule has 6 heteroatoms. The second-order valence-corrected chi connectivity index (χ2v) is 5.39. The van der Waals surface area contributed by atoms with Gasteiger partial charge in [0.1, 0.15) is 6.54 Å². The lowest BCUT2D eigenvalue weighted by Gasteiger charge is -2.26. The number of aromatic nitrogens is 2. The summed E-state index contributed by atoms with van der Waals surface area (Å²) in [6, 6.07) is 8.20. The Labute approximate surface area is 127 Å². The number of carbonyl (C=O) groups is 1. The van der Waals surface area contributed by atoms with E-state index in [1.54, 1.807) is 0 Å². The summed E-state index contributed by atoms with van der Waals surface area (Å²) >= 11 is 0. The maximum absolute atomic E-state index is 12.3. The van der Waals surface area contributed by atoms with Crippen molar-refractivity contribution in [3.05, 3.63) is 58.1 Å². The Bertz CT molecular complexity index is 754. The van der Waals surface area contributed by atoms with Crippen LogP contribution in [0.5, 0.6) is 0 Å². The number of hydrogen-bond donors (Lipinski definition) is 2. The van der Waals surface area contributed by atoms with E-state index >= 15 is 0 Å². The van der Waals surface area contributed by atoms with E-state index in [0.29, 0.717) is 0 Å². The SMILES string of the molecule is O=C(O)Cn1ccnc(N[C@@H]2CCCc3ccccc32)c1=O. The zero-order chi connectivity index (χ0) is 15.5. The molecule has 1 aromatic carbocycles. The number of benzene rings is 1. The molecule has 0 amide bonds. The van der Waals surface area contributed by atoms with Gasteiger partial charge in [0.15, 0.2) is 5.82 Å². The van der Waals surface area contributed by atoms with Gasteiger partial charge in [0.2, 0.25) is 0 Å². The van der Waals surface area contributed by atoms with Crippen molar-refractivity contribution in [2.75, 3.05) is 5.32 Å². The van der Waals surface area contributed by atoms with Crippen LogP contribution in [0.15, 0.2) is 41.5 Å². The number of carboxylic acids is 1. The first kappa shape index (κ1) is 14.3. The first-order valence-electron chi connectivity index (χ1n) is 7.27. The number of carboxylic acid groups (broad SMARTS) is 1. The zero-order valence-electron chi connectivity index (χ0n) is 12.0. The summed E-state index contributed by atoms with van der Waals surface area (Å²) in [5.74, 6) is -0.854. The molecule has 3 rings (SSSR count). The topological polar surface area (TPSA) is 84.2 Å². The molecule has 0 spiro atoms. The van der Waals surface area contributed by atoms with Gasteiger partial charge in [-0.25, -0.2) is 4.98 Å². The van der Waals surface area contributed by atoms with Crippen molar-refractivity contribution in [3.63, 3.8) is 0 Å². The highest BCUT2D eigenvalue weighted by Gasteiger charge is 2.21. The van der Waals surface area contributed by atoms with Gasteiger partial charge in [0, 0.05) is 12.4 Å². The number of fused-ring (bicyclic) bond motifs is 1. The van der Waals surface area contributed by atoms with E-state index in [2.05, 4.69) is 22.4 Å². The van der Waals surface area contributed by atoms with E-state index in [1.165, 1.54) is 23.5 Å². The lowest BCUT2D eigenvalue weighted by atomic mass is 9.88. The fourth-order valence-corrected chi connectivity index (χ4v) is 2.89. The first-order chi connectivity index (χ1) is 10.6. The van der Waals surface area contributed by atoms with E-state index in [1.807, 2.05) is 12.1 Å². The summed E-state index contributed by atoms with van der Waals surface area (Å²) in [6.07, 6.45) is 5.84. The minimum Gasteiger partial charge on any atom is -0.480 e. The van der Waals surface area contributed by atoms with Gasteiger partial charge in [-0.1, -0.05) is 24.3 Å². The Balaban J connectivity index is 1.89. The predicted octanol–water partition coefficient (Wildman–Crippen LogP) is 1.82. The molecule has 1 aliphatic carbocycles. The molecule has 1 aromatic heterocycles. The fraction of sp³-hybridized carbons (Fsp3) is 0.312. The Morgan fingerprint density at radius 3 is 3.05 bits per heavy atom. The maximum atomic E-state index is 12.3. The molecular weight excluding hydrogens is 282 g/mol. The predicted molar refractivity (Wildman–Crippen MR) is 81.9 cm³/mol. The van der Waals surface area contributed by atoms with Crippen LogP contribution in [-0.4, -0.2) is 20.6 Å². The van der Waals surface area contributed by atoms with E-state index in [4.69, 9.17) is 5.11 Å². The van der Waals surface area contributed by atoms with Gasteiger partial charge in [0.25, 0.3) is 5.56 Å². The summed E-state index contributed by atoms with van der Waals surface area (Å²) in [6.45, 7) is -0.364. The molecule has 2 aromatic rings. The third-order valence-electron chi connectivity index (χ3n) is 3.90. The largest absolute Gasteiger partial charge is 0.480 e. The second kappa shape index (κ2) is 6.01. The van der Waals surface area contributed by atoms with Gasteiger partial charge in [-0.3, -0.25) is 14.2 Å². The second-order valence-electron chi connectivity index (χ2n) is 5.39. The Morgan fingerprint density at radius 1 is 1.41 bits per heavy atom. The number of nitrogens with zero attached hydrogens (tertiary/aromatic N) is 2. The van der Waals surface area contributed by atoms with Crippen molar-refractivity contribution in [2.24, 2.45) is 0 Å². The van der Waals surface area contributed by atoms with Crippen molar-refractivity contribution in [3.8, 4) is 0 Å². The lowest BCUT2D eigenvalue weighted by Crippen LogP contribution is -2.29. The Hall–Kier alpha value is -2.63. The van der Waals surface area contributed by atoms with Gasteiger partial charge in [0.05, 0.1) is 6.04 Å². The smallest absolute Gasteiger partial charge is 0.323 e. The van der Waals surface area contributed by atoms with Gasteiger partial charge >= 0.3 is 5.97 Å². The molecule has 114 valence electrons. The van der Waals surface area contributed by atoms with Gasteiger partial charge in [-0.05, 0) is 30.4 Å². The highest BCUT2D eigenvalue weighted by Crippen LogP contribution is 2.31. The van der Waals surface area contributed by atoms with Gasteiger partial charge < -0.3 is 10.4 Å². The monoisotopic (exact) mass is 299 g/mol. The normalized spacial score (nSPS) is 16.8. The molecule has 0 unspecified atom stereocenters. The zero-order valence-corrected chi connectivity index (χ0v) is 12.0. The van der Waals surface area contributed by atoms with Crippen LogP contribution in [-0.2, 0) is 17.8 Å². The van der Waals surface area contributed by atoms with Crippen molar-refractivity contribution < 1.29 is 9.90 Å². The molecule has 0 aliphatic heterocycles. The summed E-state index contributed by atoms with van der Waals surface area (Å²) in [4.78, 5) is 27.1. The number of aryl methyl sites for hydroxylation is 1. The number of hydrogen-bond acceptors (Lipinski definition) is 4. The van der Waals surface area contributed by atoms with E-state index in [-0.39, 0.29) is 18.4 Å². The van der Waals surface area contributed by atoms with Gasteiger partial charge in [-0.15, -0.1) is 0 Å². The van der Waals surface area contributed by atoms with Crippen LogP contribution in [0, 0.1) is 0 Å². The summed E-state index contributed by atoms with van der Waals surface area (Å²) in [5.41, 5.74) is 2.06. The minimum atomic E-state index is -1.05. The van der Waals surface area contributed by atoms with Crippen LogP contribution in [0.1, 0.15) is 30.0 Å². The third-order valence-corrected chi connectivity index (χ3v) is 3.90. The Kier molecular flexibility index (Phi) is 3.91. The average molecular weight is 299 g/mol. The summed E-state index contributed by atoms with van der Waals surface area (Å²) < 4.78 is 1.15. The molecule has 1 heterocycles. The van der Waals surface area contributed by atoms with Crippen LogP contribution in [0.3, 0.4) is 0 Å². The maximum Gasteiger partial charge on any atom is 0.323 e. The van der Waals surface area contributed by atoms with Crippen LogP contribution >= 0.6 is 0 Å². The fourth-order valence-electron chi connectivity index (χ4n) is 2.89. The van der Waals surface area contributed by atoms with Crippen molar-refractivity contribution >= 4 is 11.8 Å². The molecule has 6 nitrogen and oxygen atoms in total.